The van der Waals surface area contributed by atoms with Crippen molar-refractivity contribution in [1.82, 2.24) is 4.57 Å². The lowest BCUT2D eigenvalue weighted by Crippen LogP contribution is -2.27. The van der Waals surface area contributed by atoms with Gasteiger partial charge in [0.1, 0.15) is 0 Å². The van der Waals surface area contributed by atoms with Gasteiger partial charge in [-0.05, 0) is 31.8 Å². The summed E-state index contributed by atoms with van der Waals surface area (Å²) in [5.41, 5.74) is 1.25. The third-order valence-electron chi connectivity index (χ3n) is 2.94. The van der Waals surface area contributed by atoms with Crippen LogP contribution in [0.1, 0.15) is 10.4 Å². The summed E-state index contributed by atoms with van der Waals surface area (Å²) in [6, 6.07) is 5.63. The Morgan fingerprint density at radius 2 is 2.10 bits per heavy atom. The van der Waals surface area contributed by atoms with E-state index >= 15 is 0 Å². The normalized spacial score (nSPS) is 12.0. The van der Waals surface area contributed by atoms with Gasteiger partial charge in [-0.1, -0.05) is 22.0 Å². The largest absolute Gasteiger partial charge is 0.478 e. The van der Waals surface area contributed by atoms with E-state index in [4.69, 9.17) is 4.43 Å². The van der Waals surface area contributed by atoms with Crippen LogP contribution in [0.15, 0.2) is 28.9 Å². The maximum absolute atomic E-state index is 11.3. The molecular weight excluding hydrogens is 338 g/mol. The van der Waals surface area contributed by atoms with Crippen molar-refractivity contribution >= 4 is 41.1 Å². The Bertz CT molecular complexity index is 646. The fourth-order valence-corrected chi connectivity index (χ4v) is 3.12. The molecule has 0 radical (unpaired) electrons. The first-order valence-electron chi connectivity index (χ1n) is 6.43. The van der Waals surface area contributed by atoms with E-state index in [9.17, 15) is 9.90 Å². The summed E-state index contributed by atoms with van der Waals surface area (Å²) in [5, 5.41) is 10.0. The van der Waals surface area contributed by atoms with Crippen molar-refractivity contribution in [3.05, 3.63) is 34.4 Å². The monoisotopic (exact) mass is 355 g/mol. The second-order valence-electron chi connectivity index (χ2n) is 5.66. The molecule has 0 saturated carbocycles. The van der Waals surface area contributed by atoms with Crippen LogP contribution in [0.3, 0.4) is 0 Å². The number of hydrogen-bond acceptors (Lipinski definition) is 2. The summed E-state index contributed by atoms with van der Waals surface area (Å²) in [5.74, 6) is -0.901. The van der Waals surface area contributed by atoms with E-state index in [2.05, 4.69) is 35.6 Å². The summed E-state index contributed by atoms with van der Waals surface area (Å²) in [6.45, 7) is 7.68. The third kappa shape index (κ3) is 3.50. The highest BCUT2D eigenvalue weighted by Gasteiger charge is 2.16. The third-order valence-corrected chi connectivity index (χ3v) is 4.51. The highest BCUT2D eigenvalue weighted by atomic mass is 79.9. The molecule has 0 spiro atoms. The molecule has 0 saturated heterocycles. The first-order valence-corrected chi connectivity index (χ1v) is 10.6. The maximum Gasteiger partial charge on any atom is 0.337 e. The second-order valence-corrected chi connectivity index (χ2v) is 11.1. The SMILES string of the molecule is C[Si](C)(C)OCCn1cc(C(=O)O)c2ccc(Br)cc21. The van der Waals surface area contributed by atoms with Gasteiger partial charge in [0.15, 0.2) is 8.32 Å². The van der Waals surface area contributed by atoms with Crippen LogP contribution >= 0.6 is 15.9 Å². The van der Waals surface area contributed by atoms with Gasteiger partial charge in [-0.15, -0.1) is 0 Å². The average molecular weight is 356 g/mol. The van der Waals surface area contributed by atoms with Gasteiger partial charge in [-0.25, -0.2) is 4.79 Å². The molecule has 20 heavy (non-hydrogen) atoms. The number of carboxylic acids is 1. The van der Waals surface area contributed by atoms with Crippen LogP contribution in [-0.4, -0.2) is 30.6 Å². The molecule has 0 aliphatic heterocycles. The molecule has 0 aliphatic carbocycles. The predicted octanol–water partition coefficient (Wildman–Crippen LogP) is 3.95. The molecule has 1 aromatic carbocycles. The lowest BCUT2D eigenvalue weighted by Gasteiger charge is -2.17. The summed E-state index contributed by atoms with van der Waals surface area (Å²) in [4.78, 5) is 11.3. The van der Waals surface area contributed by atoms with E-state index in [0.717, 1.165) is 15.4 Å². The van der Waals surface area contributed by atoms with Crippen LogP contribution in [0.4, 0.5) is 0 Å². The molecule has 2 aromatic rings. The molecule has 1 N–H and O–H groups in total. The van der Waals surface area contributed by atoms with Gasteiger partial charge >= 0.3 is 5.97 Å². The Kier molecular flexibility index (Phi) is 4.36. The van der Waals surface area contributed by atoms with Crippen molar-refractivity contribution in [3.8, 4) is 0 Å². The molecule has 1 aromatic heterocycles. The van der Waals surface area contributed by atoms with Gasteiger partial charge in [-0.2, -0.15) is 0 Å². The number of aromatic nitrogens is 1. The second kappa shape index (κ2) is 5.71. The van der Waals surface area contributed by atoms with Gasteiger partial charge in [0, 0.05) is 22.6 Å². The van der Waals surface area contributed by atoms with Crippen LogP contribution in [0, 0.1) is 0 Å². The van der Waals surface area contributed by atoms with Gasteiger partial charge in [0.25, 0.3) is 0 Å². The van der Waals surface area contributed by atoms with E-state index in [1.807, 2.05) is 22.8 Å². The molecule has 0 aliphatic rings. The minimum absolute atomic E-state index is 0.334. The molecule has 0 fully saturated rings. The zero-order valence-electron chi connectivity index (χ0n) is 11.8. The van der Waals surface area contributed by atoms with Crippen LogP contribution in [0.25, 0.3) is 10.9 Å². The van der Waals surface area contributed by atoms with E-state index in [1.165, 1.54) is 0 Å². The van der Waals surface area contributed by atoms with Gasteiger partial charge in [-0.3, -0.25) is 0 Å². The van der Waals surface area contributed by atoms with Crippen molar-refractivity contribution in [3.63, 3.8) is 0 Å². The Hall–Kier alpha value is -1.11. The fraction of sp³-hybridized carbons (Fsp3) is 0.357. The van der Waals surface area contributed by atoms with E-state index < -0.39 is 14.3 Å². The Morgan fingerprint density at radius 3 is 2.70 bits per heavy atom. The topological polar surface area (TPSA) is 51.5 Å². The Labute approximate surface area is 127 Å². The van der Waals surface area contributed by atoms with Crippen LogP contribution in [0.2, 0.25) is 19.6 Å². The number of hydrogen-bond donors (Lipinski definition) is 1. The molecule has 0 atom stereocenters. The zero-order chi connectivity index (χ0) is 14.9. The standard InChI is InChI=1S/C14H18BrNO3Si/c1-20(2,3)19-7-6-16-9-12(14(17)18)11-5-4-10(15)8-13(11)16/h4-5,8-9H,6-7H2,1-3H3,(H,17,18). The molecule has 0 unspecified atom stereocenters. The Morgan fingerprint density at radius 1 is 1.40 bits per heavy atom. The molecule has 108 valence electrons. The highest BCUT2D eigenvalue weighted by Crippen LogP contribution is 2.25. The molecule has 4 nitrogen and oxygen atoms in total. The lowest BCUT2D eigenvalue weighted by atomic mass is 10.2. The van der Waals surface area contributed by atoms with Crippen molar-refractivity contribution in [1.29, 1.82) is 0 Å². The van der Waals surface area contributed by atoms with Crippen molar-refractivity contribution in [2.45, 2.75) is 26.2 Å². The fourth-order valence-electron chi connectivity index (χ4n) is 2.07. The van der Waals surface area contributed by atoms with Crippen molar-refractivity contribution < 1.29 is 14.3 Å². The number of nitrogens with zero attached hydrogens (tertiary/aromatic N) is 1. The highest BCUT2D eigenvalue weighted by molar-refractivity contribution is 9.10. The number of fused-ring (bicyclic) bond motifs is 1. The first-order chi connectivity index (χ1) is 9.28. The van der Waals surface area contributed by atoms with E-state index in [-0.39, 0.29) is 0 Å². The number of benzene rings is 1. The smallest absolute Gasteiger partial charge is 0.337 e. The van der Waals surface area contributed by atoms with Gasteiger partial charge in [0.2, 0.25) is 0 Å². The van der Waals surface area contributed by atoms with Crippen LogP contribution in [-0.2, 0) is 11.0 Å². The van der Waals surface area contributed by atoms with E-state index in [0.29, 0.717) is 18.7 Å². The first kappa shape index (κ1) is 15.3. The maximum atomic E-state index is 11.3. The van der Waals surface area contributed by atoms with Crippen molar-refractivity contribution in [2.75, 3.05) is 6.61 Å². The van der Waals surface area contributed by atoms with Crippen LogP contribution < -0.4 is 0 Å². The van der Waals surface area contributed by atoms with Gasteiger partial charge in [0.05, 0.1) is 17.7 Å². The molecule has 2 rings (SSSR count). The number of carboxylic acid groups (broad SMARTS) is 1. The quantitative estimate of drug-likeness (QED) is 0.826. The number of rotatable bonds is 5. The summed E-state index contributed by atoms with van der Waals surface area (Å²) >= 11 is 3.43. The molecule has 6 heteroatoms. The predicted molar refractivity (Wildman–Crippen MR) is 85.9 cm³/mol. The summed E-state index contributed by atoms with van der Waals surface area (Å²) < 4.78 is 8.73. The van der Waals surface area contributed by atoms with Gasteiger partial charge < -0.3 is 14.1 Å². The minimum atomic E-state index is -1.54. The van der Waals surface area contributed by atoms with Crippen molar-refractivity contribution in [2.24, 2.45) is 0 Å². The zero-order valence-corrected chi connectivity index (χ0v) is 14.4. The molecule has 0 amide bonds. The molecule has 0 bridgehead atoms. The summed E-state index contributed by atoms with van der Waals surface area (Å²) in [6.07, 6.45) is 1.69. The average Bonchev–Trinajstić information content (AvgIpc) is 2.66. The molecular formula is C14H18BrNO3Si. The van der Waals surface area contributed by atoms with Crippen LogP contribution in [0.5, 0.6) is 0 Å². The number of aromatic carboxylic acids is 1. The lowest BCUT2D eigenvalue weighted by molar-refractivity contribution is 0.0698. The number of carbonyl (C=O) groups is 1. The minimum Gasteiger partial charge on any atom is -0.478 e. The van der Waals surface area contributed by atoms with E-state index in [1.54, 1.807) is 6.20 Å². The number of halogens is 1. The summed E-state index contributed by atoms with van der Waals surface area (Å²) in [7, 11) is -1.54. The Balaban J connectivity index is 2.33. The molecule has 1 heterocycles.